The summed E-state index contributed by atoms with van der Waals surface area (Å²) in [5, 5.41) is 8.65. The Morgan fingerprint density at radius 1 is 1.04 bits per heavy atom. The van der Waals surface area contributed by atoms with E-state index in [1.54, 1.807) is 0 Å². The van der Waals surface area contributed by atoms with Gasteiger partial charge in [0.2, 0.25) is 0 Å². The summed E-state index contributed by atoms with van der Waals surface area (Å²) in [5.41, 5.74) is 7.19. The van der Waals surface area contributed by atoms with Gasteiger partial charge in [-0.3, -0.25) is 0 Å². The van der Waals surface area contributed by atoms with Crippen LogP contribution in [0.5, 0.6) is 0 Å². The fraction of sp³-hybridized carbons (Fsp3) is 0.318. The molecule has 4 rings (SSSR count). The number of hydrogen-bond acceptors (Lipinski definition) is 3. The third-order valence-electron chi connectivity index (χ3n) is 5.03. The van der Waals surface area contributed by atoms with Crippen LogP contribution in [0.4, 0.5) is 11.5 Å². The molecule has 1 aliphatic rings. The highest BCUT2D eigenvalue weighted by molar-refractivity contribution is 5.72. The van der Waals surface area contributed by atoms with Crippen molar-refractivity contribution in [2.75, 3.05) is 30.9 Å². The number of aryl methyl sites for hydroxylation is 1. The van der Waals surface area contributed by atoms with E-state index in [2.05, 4.69) is 84.4 Å². The summed E-state index contributed by atoms with van der Waals surface area (Å²) in [5.74, 6) is 1.15. The molecule has 1 aliphatic heterocycles. The van der Waals surface area contributed by atoms with Crippen LogP contribution in [0.3, 0.4) is 0 Å². The maximum atomic E-state index is 5.03. The SMILES string of the molecule is Cc1cccc(-n2nc(-c3ccc(N(C)C)cc3)c3c2NCCCC3)c1. The van der Waals surface area contributed by atoms with Gasteiger partial charge in [0.05, 0.1) is 11.4 Å². The van der Waals surface area contributed by atoms with Crippen molar-refractivity contribution in [2.45, 2.75) is 26.2 Å². The Morgan fingerprint density at radius 3 is 2.58 bits per heavy atom. The Hall–Kier alpha value is -2.75. The Morgan fingerprint density at radius 2 is 1.85 bits per heavy atom. The number of rotatable bonds is 3. The van der Waals surface area contributed by atoms with Gasteiger partial charge in [0.15, 0.2) is 0 Å². The van der Waals surface area contributed by atoms with Crippen molar-refractivity contribution in [3.63, 3.8) is 0 Å². The number of nitrogens with zero attached hydrogens (tertiary/aromatic N) is 3. The van der Waals surface area contributed by atoms with Crippen molar-refractivity contribution in [1.82, 2.24) is 9.78 Å². The molecule has 0 aliphatic carbocycles. The summed E-state index contributed by atoms with van der Waals surface area (Å²) in [6.45, 7) is 3.13. The van der Waals surface area contributed by atoms with E-state index in [4.69, 9.17) is 5.10 Å². The fourth-order valence-corrected chi connectivity index (χ4v) is 3.60. The van der Waals surface area contributed by atoms with Crippen LogP contribution in [0, 0.1) is 6.92 Å². The maximum absolute atomic E-state index is 5.03. The maximum Gasteiger partial charge on any atom is 0.133 e. The predicted octanol–water partition coefficient (Wildman–Crippen LogP) is 4.66. The number of hydrogen-bond donors (Lipinski definition) is 1. The van der Waals surface area contributed by atoms with Crippen molar-refractivity contribution in [3.05, 3.63) is 59.7 Å². The van der Waals surface area contributed by atoms with Gasteiger partial charge in [-0.05, 0) is 56.0 Å². The molecule has 3 aromatic rings. The number of nitrogens with one attached hydrogen (secondary N) is 1. The lowest BCUT2D eigenvalue weighted by Crippen LogP contribution is -2.08. The molecule has 0 saturated carbocycles. The quantitative estimate of drug-likeness (QED) is 0.748. The number of anilines is 2. The standard InChI is InChI=1S/C22H26N4/c1-16-7-6-8-19(15-16)26-22-20(9-4-5-14-23-22)21(24-26)17-10-12-18(13-11-17)25(2)3/h6-8,10-13,15,23H,4-5,9,14H2,1-3H3. The molecule has 4 heteroatoms. The predicted molar refractivity (Wildman–Crippen MR) is 109 cm³/mol. The Kier molecular flexibility index (Phi) is 4.41. The van der Waals surface area contributed by atoms with E-state index in [0.717, 1.165) is 30.2 Å². The van der Waals surface area contributed by atoms with E-state index in [0.29, 0.717) is 0 Å². The Labute approximate surface area is 155 Å². The first-order valence-corrected chi connectivity index (χ1v) is 9.34. The topological polar surface area (TPSA) is 33.1 Å². The van der Waals surface area contributed by atoms with Gasteiger partial charge in [0.25, 0.3) is 0 Å². The zero-order valence-electron chi connectivity index (χ0n) is 15.8. The second-order valence-electron chi connectivity index (χ2n) is 7.25. The smallest absolute Gasteiger partial charge is 0.133 e. The molecule has 2 heterocycles. The largest absolute Gasteiger partial charge is 0.378 e. The molecule has 2 aromatic carbocycles. The van der Waals surface area contributed by atoms with Crippen LogP contribution < -0.4 is 10.2 Å². The monoisotopic (exact) mass is 346 g/mol. The van der Waals surface area contributed by atoms with Gasteiger partial charge in [0.1, 0.15) is 5.82 Å². The van der Waals surface area contributed by atoms with E-state index in [9.17, 15) is 0 Å². The average Bonchev–Trinajstić information content (AvgIpc) is 2.83. The molecule has 26 heavy (non-hydrogen) atoms. The first-order chi connectivity index (χ1) is 12.6. The van der Waals surface area contributed by atoms with Gasteiger partial charge in [-0.25, -0.2) is 4.68 Å². The minimum Gasteiger partial charge on any atom is -0.378 e. The molecule has 1 aromatic heterocycles. The van der Waals surface area contributed by atoms with Crippen LogP contribution in [0.1, 0.15) is 24.0 Å². The van der Waals surface area contributed by atoms with Gasteiger partial charge in [0, 0.05) is 37.5 Å². The third kappa shape index (κ3) is 3.07. The first kappa shape index (κ1) is 16.7. The van der Waals surface area contributed by atoms with Crippen molar-refractivity contribution < 1.29 is 0 Å². The molecule has 0 saturated heterocycles. The van der Waals surface area contributed by atoms with Crippen molar-refractivity contribution >= 4 is 11.5 Å². The number of aromatic nitrogens is 2. The van der Waals surface area contributed by atoms with Gasteiger partial charge in [-0.2, -0.15) is 5.10 Å². The highest BCUT2D eigenvalue weighted by Gasteiger charge is 2.21. The molecule has 134 valence electrons. The molecule has 0 amide bonds. The van der Waals surface area contributed by atoms with E-state index in [1.165, 1.54) is 35.2 Å². The molecule has 1 N–H and O–H groups in total. The minimum absolute atomic E-state index is 1.00. The van der Waals surface area contributed by atoms with E-state index >= 15 is 0 Å². The van der Waals surface area contributed by atoms with E-state index in [1.807, 2.05) is 0 Å². The van der Waals surface area contributed by atoms with Gasteiger partial charge < -0.3 is 10.2 Å². The van der Waals surface area contributed by atoms with Crippen molar-refractivity contribution in [1.29, 1.82) is 0 Å². The van der Waals surface area contributed by atoms with Gasteiger partial charge in [-0.15, -0.1) is 0 Å². The third-order valence-corrected chi connectivity index (χ3v) is 5.03. The molecule has 0 fully saturated rings. The molecule has 0 radical (unpaired) electrons. The molecular weight excluding hydrogens is 320 g/mol. The van der Waals surface area contributed by atoms with E-state index in [-0.39, 0.29) is 0 Å². The van der Waals surface area contributed by atoms with Crippen LogP contribution in [-0.4, -0.2) is 30.4 Å². The highest BCUT2D eigenvalue weighted by Crippen LogP contribution is 2.34. The van der Waals surface area contributed by atoms with Crippen LogP contribution >= 0.6 is 0 Å². The molecule has 0 spiro atoms. The Bertz CT molecular complexity index is 906. The highest BCUT2D eigenvalue weighted by atomic mass is 15.3. The summed E-state index contributed by atoms with van der Waals surface area (Å²) in [6, 6.07) is 17.2. The molecule has 4 nitrogen and oxygen atoms in total. The zero-order chi connectivity index (χ0) is 18.1. The second-order valence-corrected chi connectivity index (χ2v) is 7.25. The lowest BCUT2D eigenvalue weighted by Gasteiger charge is -2.12. The fourth-order valence-electron chi connectivity index (χ4n) is 3.60. The molecular formula is C22H26N4. The minimum atomic E-state index is 1.00. The summed E-state index contributed by atoms with van der Waals surface area (Å²) in [7, 11) is 4.13. The lowest BCUT2D eigenvalue weighted by molar-refractivity contribution is 0.780. The van der Waals surface area contributed by atoms with Crippen LogP contribution in [0.15, 0.2) is 48.5 Å². The van der Waals surface area contributed by atoms with Gasteiger partial charge in [-0.1, -0.05) is 24.3 Å². The normalized spacial score (nSPS) is 13.7. The average molecular weight is 346 g/mol. The van der Waals surface area contributed by atoms with Gasteiger partial charge >= 0.3 is 0 Å². The second kappa shape index (κ2) is 6.87. The number of benzene rings is 2. The summed E-state index contributed by atoms with van der Waals surface area (Å²) in [6.07, 6.45) is 3.46. The molecule has 0 unspecified atom stereocenters. The van der Waals surface area contributed by atoms with Crippen molar-refractivity contribution in [2.24, 2.45) is 0 Å². The molecule has 0 atom stereocenters. The lowest BCUT2D eigenvalue weighted by atomic mass is 10.0. The number of fused-ring (bicyclic) bond motifs is 1. The molecule has 0 bridgehead atoms. The first-order valence-electron chi connectivity index (χ1n) is 9.34. The van der Waals surface area contributed by atoms with E-state index < -0.39 is 0 Å². The zero-order valence-corrected chi connectivity index (χ0v) is 15.8. The van der Waals surface area contributed by atoms with Crippen molar-refractivity contribution in [3.8, 4) is 16.9 Å². The summed E-state index contributed by atoms with van der Waals surface area (Å²) in [4.78, 5) is 2.12. The summed E-state index contributed by atoms with van der Waals surface area (Å²) < 4.78 is 2.09. The van der Waals surface area contributed by atoms with Crippen LogP contribution in [0.2, 0.25) is 0 Å². The van der Waals surface area contributed by atoms with Crippen LogP contribution in [0.25, 0.3) is 16.9 Å². The Balaban J connectivity index is 1.84. The summed E-state index contributed by atoms with van der Waals surface area (Å²) >= 11 is 0. The van der Waals surface area contributed by atoms with Crippen LogP contribution in [-0.2, 0) is 6.42 Å².